The van der Waals surface area contributed by atoms with E-state index in [1.165, 1.54) is 22.2 Å². The Morgan fingerprint density at radius 3 is 2.59 bits per heavy atom. The zero-order valence-corrected chi connectivity index (χ0v) is 19.1. The highest BCUT2D eigenvalue weighted by Crippen LogP contribution is 2.31. The van der Waals surface area contributed by atoms with Crippen molar-refractivity contribution in [2.75, 3.05) is 38.2 Å². The lowest BCUT2D eigenvalue weighted by Gasteiger charge is -2.36. The van der Waals surface area contributed by atoms with Crippen LogP contribution in [0.2, 0.25) is 0 Å². The largest absolute Gasteiger partial charge is 0.495 e. The number of aryl methyl sites for hydroxylation is 1. The number of amides is 1. The summed E-state index contributed by atoms with van der Waals surface area (Å²) in [5.74, 6) is 0.870. The quantitative estimate of drug-likeness (QED) is 0.444. The summed E-state index contributed by atoms with van der Waals surface area (Å²) in [7, 11) is 1.69. The predicted molar refractivity (Wildman–Crippen MR) is 130 cm³/mol. The lowest BCUT2D eigenvalue weighted by Crippen LogP contribution is -2.49. The van der Waals surface area contributed by atoms with E-state index in [0.717, 1.165) is 41.8 Å². The summed E-state index contributed by atoms with van der Waals surface area (Å²) in [6.07, 6.45) is 0. The summed E-state index contributed by atoms with van der Waals surface area (Å²) in [6, 6.07) is 18.5. The summed E-state index contributed by atoms with van der Waals surface area (Å²) in [5.41, 5.74) is 3.87. The fourth-order valence-electron chi connectivity index (χ4n) is 4.42. The minimum atomic E-state index is 0.00587. The van der Waals surface area contributed by atoms with Crippen LogP contribution in [0.25, 0.3) is 21.6 Å². The average Bonchev–Trinajstić information content (AvgIpc) is 3.48. The summed E-state index contributed by atoms with van der Waals surface area (Å²) in [6.45, 7) is 5.87. The summed E-state index contributed by atoms with van der Waals surface area (Å²) >= 11 is 1.54. The molecule has 0 unspecified atom stereocenters. The van der Waals surface area contributed by atoms with E-state index in [-0.39, 0.29) is 5.91 Å². The Morgan fingerprint density at radius 1 is 1.06 bits per heavy atom. The molecule has 6 nitrogen and oxygen atoms in total. The number of benzene rings is 2. The number of hydrogen-bond acceptors (Lipinski definition) is 5. The Morgan fingerprint density at radius 2 is 1.81 bits per heavy atom. The van der Waals surface area contributed by atoms with Crippen molar-refractivity contribution in [3.05, 3.63) is 65.7 Å². The fraction of sp³-hybridized carbons (Fsp3) is 0.280. The average molecular weight is 447 g/mol. The number of anilines is 1. The normalized spacial score (nSPS) is 14.2. The number of aromatic nitrogens is 2. The minimum absolute atomic E-state index is 0.00587. The summed E-state index contributed by atoms with van der Waals surface area (Å²) in [5, 5.41) is 3.97. The van der Waals surface area contributed by atoms with Gasteiger partial charge >= 0.3 is 0 Å². The standard InChI is InChI=1S/C25H26N4O2S/c1-3-29-20-9-5-4-8-18(20)16-22(29)24-26-19(17-32-24)25(30)28-14-12-27(13-15-28)21-10-6-7-11-23(21)31-2/h4-11,16-17H,3,12-15H2,1-2H3. The number of para-hydroxylation sites is 3. The number of ether oxygens (including phenoxy) is 1. The van der Waals surface area contributed by atoms with Crippen molar-refractivity contribution in [1.82, 2.24) is 14.5 Å². The first-order valence-corrected chi connectivity index (χ1v) is 11.8. The Balaban J connectivity index is 1.32. The van der Waals surface area contributed by atoms with Gasteiger partial charge < -0.3 is 19.1 Å². The number of methoxy groups -OCH3 is 1. The second-order valence-electron chi connectivity index (χ2n) is 7.82. The van der Waals surface area contributed by atoms with Crippen LogP contribution in [0.1, 0.15) is 17.4 Å². The number of thiazole rings is 1. The van der Waals surface area contributed by atoms with Gasteiger partial charge in [0.1, 0.15) is 16.5 Å². The van der Waals surface area contributed by atoms with Crippen LogP contribution in [-0.4, -0.2) is 53.6 Å². The van der Waals surface area contributed by atoms with Gasteiger partial charge in [-0.15, -0.1) is 11.3 Å². The Hall–Kier alpha value is -3.32. The molecule has 164 valence electrons. The van der Waals surface area contributed by atoms with Crippen LogP contribution >= 0.6 is 11.3 Å². The molecule has 0 atom stereocenters. The predicted octanol–water partition coefficient (Wildman–Crippen LogP) is 4.76. The molecule has 1 aliphatic rings. The molecule has 0 aliphatic carbocycles. The van der Waals surface area contributed by atoms with E-state index in [1.54, 1.807) is 7.11 Å². The van der Waals surface area contributed by atoms with Gasteiger partial charge in [0.05, 0.1) is 18.5 Å². The lowest BCUT2D eigenvalue weighted by atomic mass is 10.2. The first-order chi connectivity index (χ1) is 15.7. The van der Waals surface area contributed by atoms with E-state index < -0.39 is 0 Å². The van der Waals surface area contributed by atoms with E-state index in [4.69, 9.17) is 9.72 Å². The maximum atomic E-state index is 13.2. The number of piperazine rings is 1. The highest BCUT2D eigenvalue weighted by molar-refractivity contribution is 7.13. The van der Waals surface area contributed by atoms with Gasteiger partial charge in [-0.1, -0.05) is 30.3 Å². The molecule has 1 fully saturated rings. The third kappa shape index (κ3) is 3.62. The summed E-state index contributed by atoms with van der Waals surface area (Å²) < 4.78 is 7.75. The molecule has 2 aromatic carbocycles. The third-order valence-electron chi connectivity index (χ3n) is 6.06. The molecule has 2 aromatic heterocycles. The molecule has 0 saturated carbocycles. The molecule has 0 spiro atoms. The van der Waals surface area contributed by atoms with Crippen LogP contribution in [0.5, 0.6) is 5.75 Å². The minimum Gasteiger partial charge on any atom is -0.495 e. The van der Waals surface area contributed by atoms with Gasteiger partial charge in [-0.3, -0.25) is 4.79 Å². The van der Waals surface area contributed by atoms with Gasteiger partial charge in [0.25, 0.3) is 5.91 Å². The highest BCUT2D eigenvalue weighted by atomic mass is 32.1. The molecule has 0 N–H and O–H groups in total. The maximum Gasteiger partial charge on any atom is 0.273 e. The Bertz CT molecular complexity index is 1250. The van der Waals surface area contributed by atoms with E-state index in [9.17, 15) is 4.79 Å². The second-order valence-corrected chi connectivity index (χ2v) is 8.68. The number of carbonyl (C=O) groups is 1. The number of carbonyl (C=O) groups excluding carboxylic acids is 1. The maximum absolute atomic E-state index is 13.2. The van der Waals surface area contributed by atoms with Gasteiger partial charge in [0.15, 0.2) is 0 Å². The van der Waals surface area contributed by atoms with Crippen LogP contribution in [-0.2, 0) is 6.54 Å². The molecule has 0 radical (unpaired) electrons. The van der Waals surface area contributed by atoms with E-state index >= 15 is 0 Å². The van der Waals surface area contributed by atoms with E-state index in [1.807, 2.05) is 34.5 Å². The fourth-order valence-corrected chi connectivity index (χ4v) is 5.24. The van der Waals surface area contributed by atoms with Crippen molar-refractivity contribution in [2.45, 2.75) is 13.5 Å². The first kappa shape index (κ1) is 20.6. The summed E-state index contributed by atoms with van der Waals surface area (Å²) in [4.78, 5) is 22.1. The third-order valence-corrected chi connectivity index (χ3v) is 6.93. The van der Waals surface area contributed by atoms with Crippen molar-refractivity contribution < 1.29 is 9.53 Å². The zero-order chi connectivity index (χ0) is 22.1. The molecule has 7 heteroatoms. The molecule has 32 heavy (non-hydrogen) atoms. The second kappa shape index (κ2) is 8.67. The van der Waals surface area contributed by atoms with E-state index in [0.29, 0.717) is 18.8 Å². The van der Waals surface area contributed by atoms with Crippen LogP contribution in [0, 0.1) is 0 Å². The topological polar surface area (TPSA) is 50.6 Å². The van der Waals surface area contributed by atoms with Crippen LogP contribution in [0.3, 0.4) is 0 Å². The van der Waals surface area contributed by atoms with Gasteiger partial charge in [0.2, 0.25) is 0 Å². The van der Waals surface area contributed by atoms with Gasteiger partial charge in [-0.05, 0) is 31.2 Å². The van der Waals surface area contributed by atoms with Crippen molar-refractivity contribution in [1.29, 1.82) is 0 Å². The number of nitrogens with zero attached hydrogens (tertiary/aromatic N) is 4. The Labute approximate surface area is 191 Å². The number of hydrogen-bond donors (Lipinski definition) is 0. The monoisotopic (exact) mass is 446 g/mol. The molecule has 3 heterocycles. The van der Waals surface area contributed by atoms with E-state index in [2.05, 4.69) is 46.7 Å². The van der Waals surface area contributed by atoms with Crippen LogP contribution < -0.4 is 9.64 Å². The Kier molecular flexibility index (Phi) is 5.57. The van der Waals surface area contributed by atoms with Crippen LogP contribution in [0.15, 0.2) is 60.0 Å². The number of rotatable bonds is 5. The highest BCUT2D eigenvalue weighted by Gasteiger charge is 2.25. The molecule has 4 aromatic rings. The SMILES string of the molecule is CCn1c(-c2nc(C(=O)N3CCN(c4ccccc4OC)CC3)cs2)cc2ccccc21. The molecule has 0 bridgehead atoms. The van der Waals surface area contributed by atoms with Gasteiger partial charge in [-0.2, -0.15) is 0 Å². The zero-order valence-electron chi connectivity index (χ0n) is 18.3. The molecule has 1 aliphatic heterocycles. The van der Waals surface area contributed by atoms with Crippen molar-refractivity contribution in [2.24, 2.45) is 0 Å². The van der Waals surface area contributed by atoms with Gasteiger partial charge in [0, 0.05) is 49.0 Å². The van der Waals surface area contributed by atoms with Crippen LogP contribution in [0.4, 0.5) is 5.69 Å². The smallest absolute Gasteiger partial charge is 0.273 e. The van der Waals surface area contributed by atoms with Gasteiger partial charge in [-0.25, -0.2) is 4.98 Å². The number of fused-ring (bicyclic) bond motifs is 1. The molecule has 1 amide bonds. The van der Waals surface area contributed by atoms with Crippen molar-refractivity contribution in [3.63, 3.8) is 0 Å². The molecular formula is C25H26N4O2S. The lowest BCUT2D eigenvalue weighted by molar-refractivity contribution is 0.0741. The molecule has 1 saturated heterocycles. The first-order valence-electron chi connectivity index (χ1n) is 10.9. The van der Waals surface area contributed by atoms with Crippen molar-refractivity contribution in [3.8, 4) is 16.5 Å². The van der Waals surface area contributed by atoms with Crippen molar-refractivity contribution >= 4 is 33.8 Å². The molecular weight excluding hydrogens is 420 g/mol. The molecule has 5 rings (SSSR count).